The van der Waals surface area contributed by atoms with E-state index in [2.05, 4.69) is 15.9 Å². The molecule has 1 aromatic rings. The van der Waals surface area contributed by atoms with Gasteiger partial charge in [0.05, 0.1) is 12.2 Å². The van der Waals surface area contributed by atoms with E-state index in [-0.39, 0.29) is 6.10 Å². The number of aliphatic hydroxyl groups excluding tert-OH is 1. The van der Waals surface area contributed by atoms with Gasteiger partial charge >= 0.3 is 0 Å². The smallest absolute Gasteiger partial charge is 0.125 e. The molecule has 1 aromatic carbocycles. The molecule has 1 N–H and O–H groups in total. The van der Waals surface area contributed by atoms with Crippen LogP contribution in [0.3, 0.4) is 0 Å². The molecule has 16 heavy (non-hydrogen) atoms. The van der Waals surface area contributed by atoms with E-state index >= 15 is 0 Å². The van der Waals surface area contributed by atoms with Crippen molar-refractivity contribution in [2.75, 3.05) is 13.7 Å². The lowest BCUT2D eigenvalue weighted by molar-refractivity contribution is 0.0700. The van der Waals surface area contributed by atoms with Gasteiger partial charge < -0.3 is 14.6 Å². The maximum absolute atomic E-state index is 9.62. The van der Waals surface area contributed by atoms with Crippen molar-refractivity contribution in [3.63, 3.8) is 0 Å². The molecule has 0 aliphatic heterocycles. The Bertz CT molecular complexity index is 339. The van der Waals surface area contributed by atoms with Crippen LogP contribution in [-0.4, -0.2) is 24.9 Å². The number of hydrogen-bond donors (Lipinski definition) is 1. The van der Waals surface area contributed by atoms with Gasteiger partial charge in [0.2, 0.25) is 0 Å². The van der Waals surface area contributed by atoms with E-state index in [9.17, 15) is 5.11 Å². The Morgan fingerprint density at radius 1 is 1.38 bits per heavy atom. The first-order chi connectivity index (χ1) is 7.54. The van der Waals surface area contributed by atoms with Crippen LogP contribution in [0.4, 0.5) is 0 Å². The number of aliphatic hydroxyl groups is 1. The van der Waals surface area contributed by atoms with Gasteiger partial charge in [-0.05, 0) is 32.0 Å². The monoisotopic (exact) mass is 288 g/mol. The third-order valence-electron chi connectivity index (χ3n) is 2.30. The number of ether oxygens (including phenoxy) is 2. The lowest BCUT2D eigenvalue weighted by Crippen LogP contribution is -2.16. The molecule has 0 fully saturated rings. The molecule has 0 heterocycles. The quantitative estimate of drug-likeness (QED) is 0.905. The molecule has 0 amide bonds. The molecular weight excluding hydrogens is 272 g/mol. The largest absolute Gasteiger partial charge is 0.491 e. The molecule has 3 nitrogen and oxygen atoms in total. The Kier molecular flexibility index (Phi) is 5.25. The van der Waals surface area contributed by atoms with E-state index in [4.69, 9.17) is 9.47 Å². The Morgan fingerprint density at radius 2 is 2.06 bits per heavy atom. The van der Waals surface area contributed by atoms with E-state index in [0.29, 0.717) is 12.4 Å². The predicted octanol–water partition coefficient (Wildman–Crippen LogP) is 2.92. The van der Waals surface area contributed by atoms with Gasteiger partial charge in [-0.1, -0.05) is 15.9 Å². The Morgan fingerprint density at radius 3 is 2.62 bits per heavy atom. The molecule has 0 radical (unpaired) electrons. The van der Waals surface area contributed by atoms with Gasteiger partial charge in [-0.3, -0.25) is 0 Å². The van der Waals surface area contributed by atoms with Crippen molar-refractivity contribution in [3.05, 3.63) is 28.2 Å². The lowest BCUT2D eigenvalue weighted by Gasteiger charge is -2.16. The van der Waals surface area contributed by atoms with Crippen molar-refractivity contribution in [2.45, 2.75) is 26.1 Å². The van der Waals surface area contributed by atoms with Crippen LogP contribution >= 0.6 is 15.9 Å². The molecule has 1 unspecified atom stereocenters. The summed E-state index contributed by atoms with van der Waals surface area (Å²) in [5, 5.41) is 9.62. The normalized spacial score (nSPS) is 14.6. The number of halogens is 1. The summed E-state index contributed by atoms with van der Waals surface area (Å²) in [6.45, 7) is 4.12. The van der Waals surface area contributed by atoms with Crippen molar-refractivity contribution >= 4 is 15.9 Å². The Balaban J connectivity index is 2.78. The standard InChI is InChI=1S/C12H17BrO3/c1-8(15-3)7-16-12-5-4-10(13)6-11(12)9(2)14/h4-6,8-9,14H,7H2,1-3H3/t8?,9-/m0/s1. The van der Waals surface area contributed by atoms with Crippen LogP contribution in [0.25, 0.3) is 0 Å². The highest BCUT2D eigenvalue weighted by Crippen LogP contribution is 2.28. The van der Waals surface area contributed by atoms with Crippen LogP contribution in [0, 0.1) is 0 Å². The van der Waals surface area contributed by atoms with Gasteiger partial charge in [0.15, 0.2) is 0 Å². The van der Waals surface area contributed by atoms with Gasteiger partial charge in [0, 0.05) is 17.1 Å². The van der Waals surface area contributed by atoms with Crippen LogP contribution in [-0.2, 0) is 4.74 Å². The second-order valence-corrected chi connectivity index (χ2v) is 4.63. The number of methoxy groups -OCH3 is 1. The lowest BCUT2D eigenvalue weighted by atomic mass is 10.1. The van der Waals surface area contributed by atoms with Crippen LogP contribution in [0.1, 0.15) is 25.5 Å². The first-order valence-corrected chi connectivity index (χ1v) is 5.97. The van der Waals surface area contributed by atoms with Crippen LogP contribution in [0.2, 0.25) is 0 Å². The van der Waals surface area contributed by atoms with Crippen molar-refractivity contribution in [1.29, 1.82) is 0 Å². The summed E-state index contributed by atoms with van der Waals surface area (Å²) in [6.07, 6.45) is -0.518. The first kappa shape index (κ1) is 13.5. The number of rotatable bonds is 5. The molecule has 90 valence electrons. The molecule has 2 atom stereocenters. The van der Waals surface area contributed by atoms with Crippen molar-refractivity contribution in [1.82, 2.24) is 0 Å². The Labute approximate surface area is 105 Å². The third-order valence-corrected chi connectivity index (χ3v) is 2.79. The fourth-order valence-electron chi connectivity index (χ4n) is 1.25. The van der Waals surface area contributed by atoms with Gasteiger partial charge in [0.25, 0.3) is 0 Å². The molecule has 4 heteroatoms. The molecule has 0 saturated heterocycles. The van der Waals surface area contributed by atoms with Gasteiger partial charge in [-0.25, -0.2) is 0 Å². The second kappa shape index (κ2) is 6.23. The third kappa shape index (κ3) is 3.77. The van der Waals surface area contributed by atoms with Crippen LogP contribution in [0.15, 0.2) is 22.7 Å². The number of benzene rings is 1. The van der Waals surface area contributed by atoms with Gasteiger partial charge in [-0.15, -0.1) is 0 Å². The van der Waals surface area contributed by atoms with Crippen molar-refractivity contribution in [2.24, 2.45) is 0 Å². The molecule has 0 aromatic heterocycles. The summed E-state index contributed by atoms with van der Waals surface area (Å²) < 4.78 is 11.6. The topological polar surface area (TPSA) is 38.7 Å². The minimum Gasteiger partial charge on any atom is -0.491 e. The highest BCUT2D eigenvalue weighted by atomic mass is 79.9. The summed E-state index contributed by atoms with van der Waals surface area (Å²) in [5.41, 5.74) is 0.776. The zero-order chi connectivity index (χ0) is 12.1. The SMILES string of the molecule is COC(C)COc1ccc(Br)cc1[C@H](C)O. The molecule has 0 aliphatic carbocycles. The minimum absolute atomic E-state index is 0.0329. The van der Waals surface area contributed by atoms with Crippen LogP contribution in [0.5, 0.6) is 5.75 Å². The van der Waals surface area contributed by atoms with E-state index in [1.165, 1.54) is 0 Å². The van der Waals surface area contributed by atoms with E-state index in [1.54, 1.807) is 14.0 Å². The Hall–Kier alpha value is -0.580. The molecular formula is C12H17BrO3. The fraction of sp³-hybridized carbons (Fsp3) is 0.500. The van der Waals surface area contributed by atoms with Crippen molar-refractivity contribution in [3.8, 4) is 5.75 Å². The minimum atomic E-state index is -0.551. The van der Waals surface area contributed by atoms with E-state index < -0.39 is 6.10 Å². The van der Waals surface area contributed by atoms with Crippen molar-refractivity contribution < 1.29 is 14.6 Å². The molecule has 0 bridgehead atoms. The average molecular weight is 289 g/mol. The highest BCUT2D eigenvalue weighted by Gasteiger charge is 2.11. The molecule has 0 saturated carbocycles. The van der Waals surface area contributed by atoms with Gasteiger partial charge in [-0.2, -0.15) is 0 Å². The summed E-state index contributed by atoms with van der Waals surface area (Å²) in [5.74, 6) is 0.696. The predicted molar refractivity (Wildman–Crippen MR) is 66.7 cm³/mol. The first-order valence-electron chi connectivity index (χ1n) is 5.17. The molecule has 1 rings (SSSR count). The zero-order valence-corrected chi connectivity index (χ0v) is 11.3. The van der Waals surface area contributed by atoms with Crippen LogP contribution < -0.4 is 4.74 Å². The maximum Gasteiger partial charge on any atom is 0.125 e. The summed E-state index contributed by atoms with van der Waals surface area (Å²) in [6, 6.07) is 5.59. The fourth-order valence-corrected chi connectivity index (χ4v) is 1.63. The highest BCUT2D eigenvalue weighted by molar-refractivity contribution is 9.10. The van der Waals surface area contributed by atoms with E-state index in [1.807, 2.05) is 25.1 Å². The maximum atomic E-state index is 9.62. The second-order valence-electron chi connectivity index (χ2n) is 3.72. The van der Waals surface area contributed by atoms with E-state index in [0.717, 1.165) is 10.0 Å². The summed E-state index contributed by atoms with van der Waals surface area (Å²) in [4.78, 5) is 0. The zero-order valence-electron chi connectivity index (χ0n) is 9.74. The average Bonchev–Trinajstić information content (AvgIpc) is 2.26. The molecule has 0 aliphatic rings. The molecule has 0 spiro atoms. The van der Waals surface area contributed by atoms with Gasteiger partial charge in [0.1, 0.15) is 12.4 Å². The summed E-state index contributed by atoms with van der Waals surface area (Å²) in [7, 11) is 1.64. The summed E-state index contributed by atoms with van der Waals surface area (Å²) >= 11 is 3.37. The number of hydrogen-bond acceptors (Lipinski definition) is 3.